The topological polar surface area (TPSA) is 64.0 Å². The van der Waals surface area contributed by atoms with Gasteiger partial charge < -0.3 is 5.32 Å². The van der Waals surface area contributed by atoms with Crippen LogP contribution in [0.2, 0.25) is 5.02 Å². The SMILES string of the molecule is CC[C@H](C(=O)Nc1ccc(Cl)c(C(F)(F)F)c1)n1cnc2ccccc2c1=O. The molecule has 0 aliphatic carbocycles. The highest BCUT2D eigenvalue weighted by molar-refractivity contribution is 6.31. The zero-order chi connectivity index (χ0) is 20.5. The van der Waals surface area contributed by atoms with Crippen molar-refractivity contribution in [2.24, 2.45) is 0 Å². The Morgan fingerprint density at radius 1 is 1.25 bits per heavy atom. The Hall–Kier alpha value is -2.87. The van der Waals surface area contributed by atoms with Gasteiger partial charge in [0.1, 0.15) is 6.04 Å². The number of benzene rings is 2. The van der Waals surface area contributed by atoms with Gasteiger partial charge in [0.2, 0.25) is 5.91 Å². The van der Waals surface area contributed by atoms with E-state index in [1.54, 1.807) is 31.2 Å². The van der Waals surface area contributed by atoms with Gasteiger partial charge >= 0.3 is 6.18 Å². The number of anilines is 1. The Bertz CT molecular complexity index is 1100. The normalized spacial score (nSPS) is 12.8. The number of fused-ring (bicyclic) bond motifs is 1. The monoisotopic (exact) mass is 409 g/mol. The number of hydrogen-bond acceptors (Lipinski definition) is 3. The molecule has 3 aromatic rings. The fourth-order valence-electron chi connectivity index (χ4n) is 2.86. The van der Waals surface area contributed by atoms with Crippen LogP contribution in [0.15, 0.2) is 53.6 Å². The van der Waals surface area contributed by atoms with Crippen molar-refractivity contribution < 1.29 is 18.0 Å². The van der Waals surface area contributed by atoms with E-state index in [1.165, 1.54) is 17.0 Å². The van der Waals surface area contributed by atoms with Crippen LogP contribution in [-0.2, 0) is 11.0 Å². The number of nitrogens with one attached hydrogen (secondary N) is 1. The number of nitrogens with zero attached hydrogens (tertiary/aromatic N) is 2. The predicted octanol–water partition coefficient (Wildman–Crippen LogP) is 4.66. The first-order valence-electron chi connectivity index (χ1n) is 8.36. The summed E-state index contributed by atoms with van der Waals surface area (Å²) in [6, 6.07) is 8.85. The van der Waals surface area contributed by atoms with Gasteiger partial charge in [0.15, 0.2) is 0 Å². The Labute approximate surface area is 162 Å². The van der Waals surface area contributed by atoms with Gasteiger partial charge in [-0.15, -0.1) is 0 Å². The molecule has 0 saturated carbocycles. The quantitative estimate of drug-likeness (QED) is 0.681. The summed E-state index contributed by atoms with van der Waals surface area (Å²) >= 11 is 5.59. The highest BCUT2D eigenvalue weighted by atomic mass is 35.5. The molecule has 3 rings (SSSR count). The standard InChI is InChI=1S/C19H15ClF3N3O2/c1-2-16(26-10-24-15-6-4-3-5-12(15)18(26)28)17(27)25-11-7-8-14(20)13(9-11)19(21,22)23/h3-10,16H,2H2,1H3,(H,25,27)/t16-/m1/s1. The molecule has 0 radical (unpaired) electrons. The van der Waals surface area contributed by atoms with E-state index < -0.39 is 34.3 Å². The highest BCUT2D eigenvalue weighted by Gasteiger charge is 2.33. The molecule has 1 heterocycles. The van der Waals surface area contributed by atoms with Crippen molar-refractivity contribution in [3.63, 3.8) is 0 Å². The summed E-state index contributed by atoms with van der Waals surface area (Å²) in [4.78, 5) is 29.5. The summed E-state index contributed by atoms with van der Waals surface area (Å²) < 4.78 is 40.2. The van der Waals surface area contributed by atoms with Crippen LogP contribution < -0.4 is 10.9 Å². The Morgan fingerprint density at radius 3 is 2.64 bits per heavy atom. The molecule has 0 fully saturated rings. The van der Waals surface area contributed by atoms with Gasteiger partial charge in [-0.3, -0.25) is 14.2 Å². The van der Waals surface area contributed by atoms with E-state index in [0.717, 1.165) is 12.1 Å². The van der Waals surface area contributed by atoms with Crippen LogP contribution in [0.4, 0.5) is 18.9 Å². The number of carbonyl (C=O) groups excluding carboxylic acids is 1. The second-order valence-electron chi connectivity index (χ2n) is 6.08. The third-order valence-electron chi connectivity index (χ3n) is 4.25. The molecule has 0 saturated heterocycles. The van der Waals surface area contributed by atoms with Crippen molar-refractivity contribution >= 4 is 34.1 Å². The molecule has 28 heavy (non-hydrogen) atoms. The lowest BCUT2D eigenvalue weighted by Crippen LogP contribution is -2.33. The highest BCUT2D eigenvalue weighted by Crippen LogP contribution is 2.36. The number of alkyl halides is 3. The minimum Gasteiger partial charge on any atom is -0.324 e. The van der Waals surface area contributed by atoms with Crippen molar-refractivity contribution in [2.75, 3.05) is 5.32 Å². The molecule has 5 nitrogen and oxygen atoms in total. The minimum atomic E-state index is -4.65. The molecular formula is C19H15ClF3N3O2. The van der Waals surface area contributed by atoms with Crippen LogP contribution in [0.25, 0.3) is 10.9 Å². The van der Waals surface area contributed by atoms with E-state index in [9.17, 15) is 22.8 Å². The maximum atomic E-state index is 13.0. The van der Waals surface area contributed by atoms with Crippen molar-refractivity contribution in [1.82, 2.24) is 9.55 Å². The van der Waals surface area contributed by atoms with Crippen molar-refractivity contribution in [2.45, 2.75) is 25.6 Å². The average molecular weight is 410 g/mol. The van der Waals surface area contributed by atoms with Gasteiger partial charge in [0.05, 0.1) is 27.8 Å². The zero-order valence-corrected chi connectivity index (χ0v) is 15.4. The van der Waals surface area contributed by atoms with Gasteiger partial charge in [-0.1, -0.05) is 30.7 Å². The number of para-hydroxylation sites is 1. The first-order valence-corrected chi connectivity index (χ1v) is 8.73. The molecular weight excluding hydrogens is 395 g/mol. The fraction of sp³-hybridized carbons (Fsp3) is 0.211. The molecule has 2 aromatic carbocycles. The zero-order valence-electron chi connectivity index (χ0n) is 14.6. The molecule has 0 unspecified atom stereocenters. The smallest absolute Gasteiger partial charge is 0.324 e. The van der Waals surface area contributed by atoms with Crippen LogP contribution in [0.3, 0.4) is 0 Å². The number of hydrogen-bond donors (Lipinski definition) is 1. The van der Waals surface area contributed by atoms with Crippen LogP contribution in [0, 0.1) is 0 Å². The number of aromatic nitrogens is 2. The second-order valence-corrected chi connectivity index (χ2v) is 6.49. The van der Waals surface area contributed by atoms with Crippen LogP contribution >= 0.6 is 11.6 Å². The van der Waals surface area contributed by atoms with E-state index in [2.05, 4.69) is 10.3 Å². The third kappa shape index (κ3) is 3.87. The number of rotatable bonds is 4. The molecule has 0 bridgehead atoms. The van der Waals surface area contributed by atoms with Crippen LogP contribution in [0.5, 0.6) is 0 Å². The third-order valence-corrected chi connectivity index (χ3v) is 4.58. The fourth-order valence-corrected chi connectivity index (χ4v) is 3.08. The predicted molar refractivity (Wildman–Crippen MR) is 100 cm³/mol. The largest absolute Gasteiger partial charge is 0.417 e. The van der Waals surface area contributed by atoms with E-state index in [1.807, 2.05) is 0 Å². The minimum absolute atomic E-state index is 0.0676. The summed E-state index contributed by atoms with van der Waals surface area (Å²) in [5, 5.41) is 2.31. The van der Waals surface area contributed by atoms with Gasteiger partial charge in [-0.05, 0) is 36.8 Å². The van der Waals surface area contributed by atoms with E-state index in [4.69, 9.17) is 11.6 Å². The molecule has 146 valence electrons. The molecule has 9 heteroatoms. The van der Waals surface area contributed by atoms with Gasteiger partial charge in [-0.2, -0.15) is 13.2 Å². The molecule has 1 atom stereocenters. The average Bonchev–Trinajstić information content (AvgIpc) is 2.65. The van der Waals surface area contributed by atoms with Gasteiger partial charge in [0.25, 0.3) is 5.56 Å². The summed E-state index contributed by atoms with van der Waals surface area (Å²) in [5.74, 6) is -0.628. The van der Waals surface area contributed by atoms with Gasteiger partial charge in [0, 0.05) is 5.69 Å². The van der Waals surface area contributed by atoms with Crippen molar-refractivity contribution in [3.05, 3.63) is 69.7 Å². The number of carbonyl (C=O) groups is 1. The van der Waals surface area contributed by atoms with E-state index >= 15 is 0 Å². The number of amides is 1. The molecule has 0 aliphatic rings. The first-order chi connectivity index (χ1) is 13.2. The van der Waals surface area contributed by atoms with Crippen LogP contribution in [0.1, 0.15) is 24.9 Å². The lowest BCUT2D eigenvalue weighted by Gasteiger charge is -2.18. The Morgan fingerprint density at radius 2 is 1.96 bits per heavy atom. The summed E-state index contributed by atoms with van der Waals surface area (Å²) in [6.07, 6.45) is -3.14. The van der Waals surface area contributed by atoms with E-state index in [-0.39, 0.29) is 12.1 Å². The lowest BCUT2D eigenvalue weighted by molar-refractivity contribution is -0.137. The lowest BCUT2D eigenvalue weighted by atomic mass is 10.1. The Balaban J connectivity index is 1.93. The first kappa shape index (κ1) is 19.9. The summed E-state index contributed by atoms with van der Waals surface area (Å²) in [6.45, 7) is 1.69. The molecule has 1 N–H and O–H groups in total. The van der Waals surface area contributed by atoms with Crippen molar-refractivity contribution in [1.29, 1.82) is 0 Å². The summed E-state index contributed by atoms with van der Waals surface area (Å²) in [7, 11) is 0. The molecule has 0 spiro atoms. The molecule has 1 aromatic heterocycles. The van der Waals surface area contributed by atoms with Crippen molar-refractivity contribution in [3.8, 4) is 0 Å². The maximum absolute atomic E-state index is 13.0. The molecule has 1 amide bonds. The van der Waals surface area contributed by atoms with E-state index in [0.29, 0.717) is 10.9 Å². The Kier molecular flexibility index (Phi) is 5.42. The number of halogens is 4. The summed E-state index contributed by atoms with van der Waals surface area (Å²) in [5.41, 5.74) is -1.03. The maximum Gasteiger partial charge on any atom is 0.417 e. The van der Waals surface area contributed by atoms with Crippen LogP contribution in [-0.4, -0.2) is 15.5 Å². The molecule has 0 aliphatic heterocycles. The van der Waals surface area contributed by atoms with Gasteiger partial charge in [-0.25, -0.2) is 4.98 Å². The second kappa shape index (κ2) is 7.63.